The Hall–Kier alpha value is -0.500. The van der Waals surface area contributed by atoms with Gasteiger partial charge in [-0.05, 0) is 31.4 Å². The van der Waals surface area contributed by atoms with Gasteiger partial charge >= 0.3 is 0 Å². The molecule has 3 heteroatoms. The van der Waals surface area contributed by atoms with Crippen molar-refractivity contribution in [2.75, 3.05) is 0 Å². The largest absolute Gasteiger partial charge is 0.332 e. The molecule has 62 valence electrons. The number of nitrogens with one attached hydrogen (secondary N) is 1. The summed E-state index contributed by atoms with van der Waals surface area (Å²) in [5, 5.41) is 0.508. The van der Waals surface area contributed by atoms with Gasteiger partial charge in [0.2, 0.25) is 0 Å². The molecule has 2 nitrogen and oxygen atoms in total. The van der Waals surface area contributed by atoms with E-state index in [2.05, 4.69) is 16.9 Å². The van der Waals surface area contributed by atoms with E-state index in [1.54, 1.807) is 0 Å². The quantitative estimate of drug-likeness (QED) is 0.746. The molecule has 0 bridgehead atoms. The van der Waals surface area contributed by atoms with Crippen LogP contribution in [0.1, 0.15) is 31.2 Å². The zero-order valence-electron chi connectivity index (χ0n) is 6.95. The maximum Gasteiger partial charge on any atom is 0.200 e. The van der Waals surface area contributed by atoms with Gasteiger partial charge in [-0.3, -0.25) is 0 Å². The van der Waals surface area contributed by atoms with Crippen molar-refractivity contribution in [3.05, 3.63) is 16.7 Å². The van der Waals surface area contributed by atoms with Crippen LogP contribution < -0.4 is 0 Å². The fourth-order valence-corrected chi connectivity index (χ4v) is 1.30. The highest BCUT2D eigenvalue weighted by molar-refractivity contribution is 6.28. The van der Waals surface area contributed by atoms with Crippen molar-refractivity contribution < 1.29 is 0 Å². The first-order valence-corrected chi connectivity index (χ1v) is 4.32. The summed E-state index contributed by atoms with van der Waals surface area (Å²) >= 11 is 5.68. The highest BCUT2D eigenvalue weighted by Gasteiger charge is 2.02. The van der Waals surface area contributed by atoms with Gasteiger partial charge in [-0.25, -0.2) is 4.98 Å². The fraction of sp³-hybridized carbons (Fsp3) is 0.625. The molecule has 0 atom stereocenters. The summed E-state index contributed by atoms with van der Waals surface area (Å²) in [4.78, 5) is 7.11. The van der Waals surface area contributed by atoms with Crippen molar-refractivity contribution in [2.45, 2.75) is 33.1 Å². The number of hydrogen-bond acceptors (Lipinski definition) is 1. The molecular formula is C8H13ClN2. The average Bonchev–Trinajstić information content (AvgIpc) is 2.26. The van der Waals surface area contributed by atoms with Gasteiger partial charge in [0.1, 0.15) is 0 Å². The second-order valence-electron chi connectivity index (χ2n) is 2.70. The Morgan fingerprint density at radius 2 is 2.27 bits per heavy atom. The minimum atomic E-state index is 0.508. The van der Waals surface area contributed by atoms with Crippen LogP contribution >= 0.6 is 11.6 Å². The van der Waals surface area contributed by atoms with Crippen LogP contribution in [0.4, 0.5) is 0 Å². The molecule has 1 aromatic rings. The van der Waals surface area contributed by atoms with E-state index in [1.807, 2.05) is 6.92 Å². The topological polar surface area (TPSA) is 28.7 Å². The van der Waals surface area contributed by atoms with Gasteiger partial charge < -0.3 is 4.98 Å². The van der Waals surface area contributed by atoms with Crippen LogP contribution in [-0.4, -0.2) is 9.97 Å². The van der Waals surface area contributed by atoms with E-state index in [4.69, 9.17) is 11.6 Å². The first-order valence-electron chi connectivity index (χ1n) is 3.95. The lowest BCUT2D eigenvalue weighted by molar-refractivity contribution is 0.776. The Labute approximate surface area is 72.0 Å². The van der Waals surface area contributed by atoms with Crippen LogP contribution in [0.25, 0.3) is 0 Å². The second-order valence-corrected chi connectivity index (χ2v) is 3.05. The molecule has 0 saturated carbocycles. The standard InChI is InChI=1S/C8H13ClN2/c1-3-4-5-7-6(2)10-8(9)11-7/h3-5H2,1-2H3,(H,10,11). The van der Waals surface area contributed by atoms with Crippen molar-refractivity contribution in [1.82, 2.24) is 9.97 Å². The van der Waals surface area contributed by atoms with E-state index in [-0.39, 0.29) is 0 Å². The van der Waals surface area contributed by atoms with Crippen molar-refractivity contribution in [3.63, 3.8) is 0 Å². The predicted octanol–water partition coefficient (Wildman–Crippen LogP) is 2.71. The van der Waals surface area contributed by atoms with E-state index in [9.17, 15) is 0 Å². The summed E-state index contributed by atoms with van der Waals surface area (Å²) in [5.74, 6) is 0. The van der Waals surface area contributed by atoms with Crippen molar-refractivity contribution >= 4 is 11.6 Å². The number of nitrogens with zero attached hydrogens (tertiary/aromatic N) is 1. The number of imidazole rings is 1. The molecule has 0 spiro atoms. The normalized spacial score (nSPS) is 10.5. The average molecular weight is 173 g/mol. The highest BCUT2D eigenvalue weighted by atomic mass is 35.5. The summed E-state index contributed by atoms with van der Waals surface area (Å²) < 4.78 is 0. The van der Waals surface area contributed by atoms with Crippen LogP contribution in [0.15, 0.2) is 0 Å². The maximum atomic E-state index is 5.68. The third-order valence-corrected chi connectivity index (χ3v) is 1.92. The molecule has 0 aromatic carbocycles. The summed E-state index contributed by atoms with van der Waals surface area (Å²) in [5.41, 5.74) is 2.21. The molecule has 0 unspecified atom stereocenters. The van der Waals surface area contributed by atoms with Crippen molar-refractivity contribution in [2.24, 2.45) is 0 Å². The van der Waals surface area contributed by atoms with E-state index in [1.165, 1.54) is 18.5 Å². The van der Waals surface area contributed by atoms with E-state index in [0.717, 1.165) is 12.1 Å². The van der Waals surface area contributed by atoms with Gasteiger partial charge in [0.15, 0.2) is 5.28 Å². The molecule has 0 amide bonds. The SMILES string of the molecule is CCCCc1[nH]c(Cl)nc1C. The predicted molar refractivity (Wildman–Crippen MR) is 46.9 cm³/mol. The zero-order chi connectivity index (χ0) is 8.27. The number of aromatic nitrogens is 2. The molecule has 0 fully saturated rings. The van der Waals surface area contributed by atoms with Crippen LogP contribution in [-0.2, 0) is 6.42 Å². The van der Waals surface area contributed by atoms with Gasteiger partial charge in [0.25, 0.3) is 0 Å². The molecule has 11 heavy (non-hydrogen) atoms. The number of rotatable bonds is 3. The number of H-pyrrole nitrogens is 1. The Morgan fingerprint density at radius 3 is 2.73 bits per heavy atom. The lowest BCUT2D eigenvalue weighted by atomic mass is 10.2. The van der Waals surface area contributed by atoms with E-state index < -0.39 is 0 Å². The summed E-state index contributed by atoms with van der Waals surface area (Å²) in [6.07, 6.45) is 3.46. The highest BCUT2D eigenvalue weighted by Crippen LogP contribution is 2.11. The first-order chi connectivity index (χ1) is 5.24. The van der Waals surface area contributed by atoms with Gasteiger partial charge in [-0.15, -0.1) is 0 Å². The Bertz CT molecular complexity index is 230. The molecule has 0 aliphatic carbocycles. The molecule has 1 aromatic heterocycles. The molecule has 1 heterocycles. The summed E-state index contributed by atoms with van der Waals surface area (Å²) in [6.45, 7) is 4.15. The Morgan fingerprint density at radius 1 is 1.55 bits per heavy atom. The van der Waals surface area contributed by atoms with E-state index in [0.29, 0.717) is 5.28 Å². The maximum absolute atomic E-state index is 5.68. The molecule has 1 N–H and O–H groups in total. The van der Waals surface area contributed by atoms with Crippen molar-refractivity contribution in [1.29, 1.82) is 0 Å². The number of halogens is 1. The molecular weight excluding hydrogens is 160 g/mol. The molecule has 0 aliphatic heterocycles. The minimum absolute atomic E-state index is 0.508. The lowest BCUT2D eigenvalue weighted by Gasteiger charge is -1.94. The molecule has 1 rings (SSSR count). The Kier molecular flexibility index (Phi) is 2.94. The van der Waals surface area contributed by atoms with Crippen LogP contribution in [0.5, 0.6) is 0 Å². The number of unbranched alkanes of at least 4 members (excludes halogenated alkanes) is 1. The molecule has 0 saturated heterocycles. The van der Waals surface area contributed by atoms with Gasteiger partial charge in [-0.1, -0.05) is 13.3 Å². The first kappa shape index (κ1) is 8.60. The molecule has 0 radical (unpaired) electrons. The fourth-order valence-electron chi connectivity index (χ4n) is 1.05. The van der Waals surface area contributed by atoms with Gasteiger partial charge in [0.05, 0.1) is 5.69 Å². The Balaban J connectivity index is 2.62. The van der Waals surface area contributed by atoms with Gasteiger partial charge in [-0.2, -0.15) is 0 Å². The number of hydrogen-bond donors (Lipinski definition) is 1. The van der Waals surface area contributed by atoms with Crippen molar-refractivity contribution in [3.8, 4) is 0 Å². The lowest BCUT2D eigenvalue weighted by Crippen LogP contribution is -1.87. The third-order valence-electron chi connectivity index (χ3n) is 1.74. The summed E-state index contributed by atoms with van der Waals surface area (Å²) in [7, 11) is 0. The third kappa shape index (κ3) is 2.22. The monoisotopic (exact) mass is 172 g/mol. The zero-order valence-corrected chi connectivity index (χ0v) is 7.70. The molecule has 0 aliphatic rings. The summed E-state index contributed by atoms with van der Waals surface area (Å²) in [6, 6.07) is 0. The van der Waals surface area contributed by atoms with Gasteiger partial charge in [0, 0.05) is 5.69 Å². The van der Waals surface area contributed by atoms with E-state index >= 15 is 0 Å². The van der Waals surface area contributed by atoms with Crippen LogP contribution in [0.2, 0.25) is 5.28 Å². The minimum Gasteiger partial charge on any atom is -0.332 e. The smallest absolute Gasteiger partial charge is 0.200 e. The van der Waals surface area contributed by atoms with Crippen LogP contribution in [0, 0.1) is 6.92 Å². The second kappa shape index (κ2) is 3.77. The number of aryl methyl sites for hydroxylation is 2. The number of aromatic amines is 1. The van der Waals surface area contributed by atoms with Crippen LogP contribution in [0.3, 0.4) is 0 Å².